The Morgan fingerprint density at radius 1 is 1.13 bits per heavy atom. The molecule has 0 aromatic heterocycles. The Hall–Kier alpha value is -1.41. The van der Waals surface area contributed by atoms with Gasteiger partial charge in [0.15, 0.2) is 0 Å². The van der Waals surface area contributed by atoms with E-state index in [2.05, 4.69) is 54.9 Å². The molecule has 1 nitrogen and oxygen atoms in total. The zero-order valence-corrected chi connectivity index (χ0v) is 9.34. The molecule has 0 amide bonds. The second-order valence-electron chi connectivity index (χ2n) is 3.69. The van der Waals surface area contributed by atoms with Crippen LogP contribution in [0, 0.1) is 0 Å². The molecule has 0 saturated heterocycles. The normalized spacial score (nSPS) is 14.7. The lowest BCUT2D eigenvalue weighted by Crippen LogP contribution is -2.07. The van der Waals surface area contributed by atoms with Gasteiger partial charge in [-0.2, -0.15) is 0 Å². The molecule has 0 fully saturated rings. The average Bonchev–Trinajstić information content (AvgIpc) is 2.56. The summed E-state index contributed by atoms with van der Waals surface area (Å²) in [5.74, 6) is 0. The van der Waals surface area contributed by atoms with Crippen LogP contribution in [0.1, 0.15) is 0 Å². The molecule has 0 saturated carbocycles. The molecular formula is C13H11NS. The average molecular weight is 213 g/mol. The minimum atomic E-state index is 1.10. The van der Waals surface area contributed by atoms with Gasteiger partial charge in [-0.15, -0.1) is 0 Å². The monoisotopic (exact) mass is 213 g/mol. The molecule has 0 atom stereocenters. The molecule has 0 bridgehead atoms. The van der Waals surface area contributed by atoms with Crippen molar-refractivity contribution in [3.05, 3.63) is 48.0 Å². The zero-order valence-electron chi connectivity index (χ0n) is 8.53. The van der Waals surface area contributed by atoms with E-state index in [9.17, 15) is 0 Å². The van der Waals surface area contributed by atoms with Gasteiger partial charge in [-0.05, 0) is 16.8 Å². The molecule has 2 aromatic rings. The summed E-state index contributed by atoms with van der Waals surface area (Å²) in [7, 11) is 2.07. The van der Waals surface area contributed by atoms with Crippen LogP contribution in [-0.4, -0.2) is 7.05 Å². The highest BCUT2D eigenvalue weighted by Crippen LogP contribution is 2.47. The molecule has 3 rings (SSSR count). The number of anilines is 1. The van der Waals surface area contributed by atoms with Crippen molar-refractivity contribution < 1.29 is 0 Å². The third-order valence-corrected chi connectivity index (χ3v) is 3.96. The number of hydrogen-bond acceptors (Lipinski definition) is 2. The largest absolute Gasteiger partial charge is 0.339 e. The van der Waals surface area contributed by atoms with Gasteiger partial charge in [0.25, 0.3) is 0 Å². The van der Waals surface area contributed by atoms with Gasteiger partial charge in [0.1, 0.15) is 0 Å². The van der Waals surface area contributed by atoms with Gasteiger partial charge in [-0.3, -0.25) is 0 Å². The molecule has 2 aromatic carbocycles. The fourth-order valence-electron chi connectivity index (χ4n) is 1.92. The minimum absolute atomic E-state index is 1.10. The van der Waals surface area contributed by atoms with Gasteiger partial charge in [-0.1, -0.05) is 48.7 Å². The van der Waals surface area contributed by atoms with E-state index in [1.54, 1.807) is 11.8 Å². The molecular weight excluding hydrogens is 202 g/mol. The number of fused-ring (bicyclic) bond motifs is 3. The summed E-state index contributed by atoms with van der Waals surface area (Å²) in [6, 6.07) is 12.8. The molecule has 0 unspecified atom stereocenters. The summed E-state index contributed by atoms with van der Waals surface area (Å²) in [5.41, 5.74) is 1.27. The maximum Gasteiger partial charge on any atom is 0.0725 e. The van der Waals surface area contributed by atoms with Crippen LogP contribution in [0.3, 0.4) is 0 Å². The number of nitrogens with zero attached hydrogens (tertiary/aromatic N) is 1. The smallest absolute Gasteiger partial charge is 0.0725 e. The third-order valence-electron chi connectivity index (χ3n) is 2.81. The fourth-order valence-corrected chi connectivity index (χ4v) is 3.00. The van der Waals surface area contributed by atoms with Gasteiger partial charge in [-0.25, -0.2) is 0 Å². The second kappa shape index (κ2) is 3.04. The van der Waals surface area contributed by atoms with Crippen molar-refractivity contribution in [2.24, 2.45) is 0 Å². The Bertz CT molecular complexity index is 559. The highest BCUT2D eigenvalue weighted by Gasteiger charge is 2.21. The van der Waals surface area contributed by atoms with E-state index in [1.807, 2.05) is 0 Å². The van der Waals surface area contributed by atoms with E-state index in [0.29, 0.717) is 0 Å². The van der Waals surface area contributed by atoms with Crippen molar-refractivity contribution in [1.82, 2.24) is 0 Å². The molecule has 1 aliphatic heterocycles. The summed E-state index contributed by atoms with van der Waals surface area (Å²) < 4.78 is 0. The summed E-state index contributed by atoms with van der Waals surface area (Å²) in [6.45, 7) is 4.05. The van der Waals surface area contributed by atoms with Crippen LogP contribution in [0.4, 0.5) is 5.69 Å². The molecule has 2 heteroatoms. The minimum Gasteiger partial charge on any atom is -0.339 e. The summed E-state index contributed by atoms with van der Waals surface area (Å²) in [6.07, 6.45) is 0. The van der Waals surface area contributed by atoms with E-state index in [0.717, 1.165) is 5.03 Å². The van der Waals surface area contributed by atoms with Gasteiger partial charge in [0.2, 0.25) is 0 Å². The highest BCUT2D eigenvalue weighted by atomic mass is 32.2. The zero-order chi connectivity index (χ0) is 10.4. The van der Waals surface area contributed by atoms with Crippen molar-refractivity contribution in [3.63, 3.8) is 0 Å². The predicted molar refractivity (Wildman–Crippen MR) is 67.3 cm³/mol. The van der Waals surface area contributed by atoms with E-state index in [4.69, 9.17) is 0 Å². The molecule has 0 radical (unpaired) electrons. The van der Waals surface area contributed by atoms with Crippen molar-refractivity contribution in [3.8, 4) is 0 Å². The van der Waals surface area contributed by atoms with Crippen LogP contribution in [0.25, 0.3) is 10.8 Å². The first-order chi connectivity index (χ1) is 7.27. The van der Waals surface area contributed by atoms with E-state index in [-0.39, 0.29) is 0 Å². The first-order valence-corrected chi connectivity index (χ1v) is 5.71. The number of benzene rings is 2. The van der Waals surface area contributed by atoms with Gasteiger partial charge >= 0.3 is 0 Å². The van der Waals surface area contributed by atoms with Crippen molar-refractivity contribution in [1.29, 1.82) is 0 Å². The maximum absolute atomic E-state index is 4.05. The van der Waals surface area contributed by atoms with E-state index in [1.165, 1.54) is 21.4 Å². The van der Waals surface area contributed by atoms with Crippen LogP contribution in [0.2, 0.25) is 0 Å². The van der Waals surface area contributed by atoms with Gasteiger partial charge in [0, 0.05) is 11.9 Å². The lowest BCUT2D eigenvalue weighted by Gasteiger charge is -2.12. The first-order valence-electron chi connectivity index (χ1n) is 4.89. The standard InChI is InChI=1S/C13H11NS/c1-9-14(2)12-8-7-10-5-3-4-6-11(10)13(12)15-9/h3-8H,1H2,2H3. The van der Waals surface area contributed by atoms with E-state index < -0.39 is 0 Å². The Morgan fingerprint density at radius 3 is 2.80 bits per heavy atom. The van der Waals surface area contributed by atoms with Crippen LogP contribution >= 0.6 is 11.8 Å². The molecule has 1 aliphatic rings. The van der Waals surface area contributed by atoms with Crippen LogP contribution in [-0.2, 0) is 0 Å². The summed E-state index contributed by atoms with van der Waals surface area (Å²) >= 11 is 1.76. The van der Waals surface area contributed by atoms with Crippen LogP contribution in [0.15, 0.2) is 52.9 Å². The molecule has 0 N–H and O–H groups in total. The molecule has 1 heterocycles. The van der Waals surface area contributed by atoms with Crippen molar-refractivity contribution >= 4 is 28.2 Å². The SMILES string of the molecule is C=C1Sc2c(ccc3ccccc23)N1C. The van der Waals surface area contributed by atoms with E-state index >= 15 is 0 Å². The van der Waals surface area contributed by atoms with Gasteiger partial charge in [0.05, 0.1) is 10.7 Å². The Morgan fingerprint density at radius 2 is 1.93 bits per heavy atom. The van der Waals surface area contributed by atoms with Crippen LogP contribution < -0.4 is 4.90 Å². The fraction of sp³-hybridized carbons (Fsp3) is 0.0769. The lowest BCUT2D eigenvalue weighted by atomic mass is 10.1. The van der Waals surface area contributed by atoms with Crippen molar-refractivity contribution in [2.45, 2.75) is 4.90 Å². The Balaban J connectivity index is 2.38. The number of rotatable bonds is 0. The predicted octanol–water partition coefficient (Wildman–Crippen LogP) is 3.85. The molecule has 0 aliphatic carbocycles. The van der Waals surface area contributed by atoms with Crippen molar-refractivity contribution in [2.75, 3.05) is 11.9 Å². The summed E-state index contributed by atoms with van der Waals surface area (Å²) in [5, 5.41) is 3.72. The Kier molecular flexibility index (Phi) is 1.80. The lowest BCUT2D eigenvalue weighted by molar-refractivity contribution is 1.19. The molecule has 15 heavy (non-hydrogen) atoms. The van der Waals surface area contributed by atoms with Gasteiger partial charge < -0.3 is 4.90 Å². The maximum atomic E-state index is 4.05. The topological polar surface area (TPSA) is 3.24 Å². The first kappa shape index (κ1) is 8.86. The highest BCUT2D eigenvalue weighted by molar-refractivity contribution is 8.04. The third kappa shape index (κ3) is 1.18. The Labute approximate surface area is 93.4 Å². The number of hydrogen-bond donors (Lipinski definition) is 0. The second-order valence-corrected chi connectivity index (χ2v) is 4.77. The molecule has 74 valence electrons. The molecule has 0 spiro atoms. The number of thioether (sulfide) groups is 1. The quantitative estimate of drug-likeness (QED) is 0.654. The summed E-state index contributed by atoms with van der Waals surface area (Å²) in [4.78, 5) is 3.48. The van der Waals surface area contributed by atoms with Crippen LogP contribution in [0.5, 0.6) is 0 Å².